The minimum Gasteiger partial charge on any atom is -0.508 e. The SMILES string of the molecule is CN(C)c1cc(C#Cc2ccccn2)c(N=O)c2c1C[C@H]1C[C@H]3[C@H](N(C)C)C(=O)C(C(N)=O)=C(O)[C@@]3(O)C(=O)C1=C2O. The Labute approximate surface area is 241 Å². The predicted octanol–water partition coefficient (Wildman–Crippen LogP) is 1.52. The molecular weight excluding hydrogens is 542 g/mol. The number of nitrogens with two attached hydrogens (primary N) is 1. The average molecular weight is 572 g/mol. The van der Waals surface area contributed by atoms with Crippen LogP contribution in [-0.2, 0) is 20.8 Å². The van der Waals surface area contributed by atoms with E-state index in [0.29, 0.717) is 16.9 Å². The minimum atomic E-state index is -2.72. The Balaban J connectivity index is 1.76. The van der Waals surface area contributed by atoms with Crippen LogP contribution in [0, 0.1) is 28.6 Å². The van der Waals surface area contributed by atoms with Crippen LogP contribution in [0.2, 0.25) is 0 Å². The number of aromatic nitrogens is 1. The topological polar surface area (TPSA) is 187 Å². The zero-order valence-electron chi connectivity index (χ0n) is 23.4. The highest BCUT2D eigenvalue weighted by Crippen LogP contribution is 2.54. The zero-order chi connectivity index (χ0) is 30.7. The molecule has 1 amide bonds. The summed E-state index contributed by atoms with van der Waals surface area (Å²) >= 11 is 0. The number of carbonyl (C=O) groups excluding carboxylic acids is 3. The van der Waals surface area contributed by atoms with Crippen LogP contribution in [0.25, 0.3) is 5.76 Å². The van der Waals surface area contributed by atoms with Gasteiger partial charge in [-0.3, -0.25) is 19.3 Å². The number of aliphatic hydroxyl groups is 3. The van der Waals surface area contributed by atoms with Crippen molar-refractivity contribution in [3.8, 4) is 11.8 Å². The first-order valence-electron chi connectivity index (χ1n) is 13.1. The molecule has 0 radical (unpaired) electrons. The number of Topliss-reactive ketones (excluding diaryl/α,β-unsaturated/α-hetero) is 2. The fourth-order valence-electron chi connectivity index (χ4n) is 6.45. The van der Waals surface area contributed by atoms with Crippen LogP contribution in [0.3, 0.4) is 0 Å². The van der Waals surface area contributed by atoms with E-state index in [0.717, 1.165) is 0 Å². The van der Waals surface area contributed by atoms with E-state index in [1.807, 2.05) is 0 Å². The molecule has 216 valence electrons. The van der Waals surface area contributed by atoms with Gasteiger partial charge in [0.1, 0.15) is 28.5 Å². The lowest BCUT2D eigenvalue weighted by atomic mass is 9.57. The van der Waals surface area contributed by atoms with E-state index in [1.165, 1.54) is 4.90 Å². The smallest absolute Gasteiger partial charge is 0.255 e. The molecule has 12 heteroatoms. The Kier molecular flexibility index (Phi) is 6.96. The number of pyridine rings is 1. The number of carbonyl (C=O) groups is 3. The molecule has 3 aliphatic rings. The number of primary amides is 1. The Bertz CT molecular complexity index is 1680. The maximum atomic E-state index is 14.1. The van der Waals surface area contributed by atoms with Crippen molar-refractivity contribution in [2.45, 2.75) is 24.5 Å². The van der Waals surface area contributed by atoms with Crippen molar-refractivity contribution in [1.82, 2.24) is 9.88 Å². The van der Waals surface area contributed by atoms with Gasteiger partial charge in [0.25, 0.3) is 5.91 Å². The molecule has 0 saturated heterocycles. The van der Waals surface area contributed by atoms with Gasteiger partial charge < -0.3 is 26.0 Å². The number of amides is 1. The number of nitroso groups, excluding NO2 is 1. The zero-order valence-corrected chi connectivity index (χ0v) is 23.4. The van der Waals surface area contributed by atoms with E-state index >= 15 is 0 Å². The van der Waals surface area contributed by atoms with E-state index in [-0.39, 0.29) is 35.2 Å². The van der Waals surface area contributed by atoms with Crippen molar-refractivity contribution in [1.29, 1.82) is 0 Å². The number of anilines is 1. The highest BCUT2D eigenvalue weighted by atomic mass is 16.3. The number of aliphatic hydroxyl groups excluding tert-OH is 2. The summed E-state index contributed by atoms with van der Waals surface area (Å²) in [6.07, 6.45) is 1.71. The van der Waals surface area contributed by atoms with E-state index in [4.69, 9.17) is 5.73 Å². The first kappa shape index (κ1) is 28.7. The van der Waals surface area contributed by atoms with Crippen LogP contribution in [0.15, 0.2) is 52.5 Å². The summed E-state index contributed by atoms with van der Waals surface area (Å²) in [4.78, 5) is 59.2. The Hall–Kier alpha value is -4.86. The standard InChI is InChI=1S/C30H29N5O7/c1-34(2)19-13-14(8-9-16-7-5-6-10-32-16)23(33-42)21-17(19)11-15-12-18-24(35(3)4)26(37)22(29(31)40)28(39)30(18,41)27(38)20(15)25(21)36/h5-7,10,13,15,18,24,36,39,41H,11-12H2,1-4H3,(H2,31,40)/t15-,18-,24-,30-/m0/s1. The normalized spacial score (nSPS) is 24.9. The fourth-order valence-corrected chi connectivity index (χ4v) is 6.45. The fraction of sp³-hybridized carbons (Fsp3) is 0.333. The third-order valence-corrected chi connectivity index (χ3v) is 8.26. The Morgan fingerprint density at radius 2 is 1.88 bits per heavy atom. The average Bonchev–Trinajstić information content (AvgIpc) is 2.93. The maximum absolute atomic E-state index is 14.1. The summed E-state index contributed by atoms with van der Waals surface area (Å²) in [5.74, 6) is -1.02. The molecule has 3 aliphatic carbocycles. The number of benzene rings is 1. The monoisotopic (exact) mass is 571 g/mol. The molecule has 12 nitrogen and oxygen atoms in total. The van der Waals surface area contributed by atoms with Crippen LogP contribution in [0.4, 0.5) is 11.4 Å². The second-order valence-electron chi connectivity index (χ2n) is 11.1. The number of rotatable bonds is 4. The molecular formula is C30H29N5O7. The van der Waals surface area contributed by atoms with Crippen LogP contribution in [0.1, 0.15) is 28.8 Å². The van der Waals surface area contributed by atoms with Crippen molar-refractivity contribution >= 4 is 34.6 Å². The molecule has 1 fully saturated rings. The molecule has 1 aromatic heterocycles. The van der Waals surface area contributed by atoms with Gasteiger partial charge in [0.2, 0.25) is 5.78 Å². The van der Waals surface area contributed by atoms with E-state index in [1.54, 1.807) is 63.6 Å². The van der Waals surface area contributed by atoms with Gasteiger partial charge in [-0.2, -0.15) is 0 Å². The quantitative estimate of drug-likeness (QED) is 0.238. The van der Waals surface area contributed by atoms with Gasteiger partial charge in [0, 0.05) is 37.5 Å². The van der Waals surface area contributed by atoms with Gasteiger partial charge in [-0.05, 0) is 67.7 Å². The third-order valence-electron chi connectivity index (χ3n) is 8.26. The summed E-state index contributed by atoms with van der Waals surface area (Å²) < 4.78 is 0. The minimum absolute atomic E-state index is 0.0102. The van der Waals surface area contributed by atoms with E-state index in [9.17, 15) is 34.6 Å². The third kappa shape index (κ3) is 4.08. The summed E-state index contributed by atoms with van der Waals surface area (Å²) in [5, 5.41) is 37.6. The second kappa shape index (κ2) is 10.2. The molecule has 1 saturated carbocycles. The lowest BCUT2D eigenvalue weighted by molar-refractivity contribution is -0.153. The maximum Gasteiger partial charge on any atom is 0.255 e. The Morgan fingerprint density at radius 1 is 1.17 bits per heavy atom. The predicted molar refractivity (Wildman–Crippen MR) is 153 cm³/mol. The number of hydrogen-bond acceptors (Lipinski definition) is 11. The van der Waals surface area contributed by atoms with E-state index in [2.05, 4.69) is 22.0 Å². The van der Waals surface area contributed by atoms with Crippen LogP contribution in [0.5, 0.6) is 0 Å². The summed E-state index contributed by atoms with van der Waals surface area (Å²) in [5.41, 5.74) is 3.09. The van der Waals surface area contributed by atoms with Gasteiger partial charge in [-0.15, -0.1) is 4.91 Å². The van der Waals surface area contributed by atoms with Crippen LogP contribution >= 0.6 is 0 Å². The van der Waals surface area contributed by atoms with Crippen molar-refractivity contribution in [2.24, 2.45) is 22.7 Å². The van der Waals surface area contributed by atoms with E-state index < -0.39 is 58.0 Å². The molecule has 5 N–H and O–H groups in total. The molecule has 5 rings (SSSR count). The number of nitrogens with zero attached hydrogens (tertiary/aromatic N) is 4. The molecule has 0 aliphatic heterocycles. The van der Waals surface area contributed by atoms with Crippen molar-refractivity contribution < 1.29 is 29.7 Å². The van der Waals surface area contributed by atoms with Gasteiger partial charge in [-0.1, -0.05) is 12.0 Å². The highest BCUT2D eigenvalue weighted by Gasteiger charge is 2.64. The molecule has 1 heterocycles. The van der Waals surface area contributed by atoms with Crippen LogP contribution in [-0.4, -0.2) is 82.5 Å². The number of ketones is 2. The van der Waals surface area contributed by atoms with Gasteiger partial charge in [0.05, 0.1) is 17.2 Å². The van der Waals surface area contributed by atoms with Crippen molar-refractivity contribution in [3.63, 3.8) is 0 Å². The van der Waals surface area contributed by atoms with Gasteiger partial charge in [0.15, 0.2) is 11.4 Å². The number of likely N-dealkylation sites (N-methyl/N-ethyl adjacent to an activating group) is 1. The summed E-state index contributed by atoms with van der Waals surface area (Å²) in [6.45, 7) is 0. The number of fused-ring (bicyclic) bond motifs is 3. The lowest BCUT2D eigenvalue weighted by Crippen LogP contribution is -2.65. The van der Waals surface area contributed by atoms with Gasteiger partial charge >= 0.3 is 0 Å². The van der Waals surface area contributed by atoms with Crippen LogP contribution < -0.4 is 10.6 Å². The molecule has 2 aromatic rings. The molecule has 1 aromatic carbocycles. The summed E-state index contributed by atoms with van der Waals surface area (Å²) in [7, 11) is 6.65. The molecule has 42 heavy (non-hydrogen) atoms. The lowest BCUT2D eigenvalue weighted by Gasteiger charge is -2.50. The largest absolute Gasteiger partial charge is 0.508 e. The first-order chi connectivity index (χ1) is 19.8. The highest BCUT2D eigenvalue weighted by molar-refractivity contribution is 6.24. The Morgan fingerprint density at radius 3 is 2.45 bits per heavy atom. The van der Waals surface area contributed by atoms with Crippen molar-refractivity contribution in [3.05, 3.63) is 74.7 Å². The molecule has 4 atom stereocenters. The molecule has 0 bridgehead atoms. The van der Waals surface area contributed by atoms with Crippen molar-refractivity contribution in [2.75, 3.05) is 33.1 Å². The molecule has 0 spiro atoms. The number of hydrogen-bond donors (Lipinski definition) is 4. The second-order valence-corrected chi connectivity index (χ2v) is 11.1. The van der Waals surface area contributed by atoms with Gasteiger partial charge in [-0.25, -0.2) is 4.98 Å². The first-order valence-corrected chi connectivity index (χ1v) is 13.1. The summed E-state index contributed by atoms with van der Waals surface area (Å²) in [6, 6.07) is 5.68. The molecule has 0 unspecified atom stereocenters.